The van der Waals surface area contributed by atoms with E-state index in [0.29, 0.717) is 11.8 Å². The molecule has 0 unspecified atom stereocenters. The van der Waals surface area contributed by atoms with Crippen molar-refractivity contribution in [1.82, 2.24) is 10.2 Å². The van der Waals surface area contributed by atoms with Crippen LogP contribution in [-0.4, -0.2) is 10.2 Å². The fraction of sp³-hybridized carbons (Fsp3) is 0.0667. The smallest absolute Gasteiger partial charge is 0.249 e. The van der Waals surface area contributed by atoms with Gasteiger partial charge in [-0.1, -0.05) is 29.8 Å². The average Bonchev–Trinajstić information content (AvgIpc) is 2.92. The molecule has 3 rings (SSSR count). The van der Waals surface area contributed by atoms with Crippen LogP contribution in [0, 0.1) is 10.5 Å². The molecule has 0 radical (unpaired) electrons. The molecule has 0 N–H and O–H groups in total. The van der Waals surface area contributed by atoms with Crippen LogP contribution in [0.4, 0.5) is 0 Å². The van der Waals surface area contributed by atoms with Gasteiger partial charge in [-0.2, -0.15) is 0 Å². The van der Waals surface area contributed by atoms with Crippen LogP contribution in [0.5, 0.6) is 0 Å². The average molecular weight is 362 g/mol. The molecular formula is C15H11IN2O. The Balaban J connectivity index is 2.04. The molecule has 0 spiro atoms. The summed E-state index contributed by atoms with van der Waals surface area (Å²) in [6, 6.07) is 16.0. The number of hydrogen-bond acceptors (Lipinski definition) is 3. The SMILES string of the molecule is Cc1ccc(I)c(-c2nnc(-c3ccccc3)o2)c1. The number of aromatic nitrogens is 2. The molecule has 0 fully saturated rings. The summed E-state index contributed by atoms with van der Waals surface area (Å²) in [4.78, 5) is 0. The monoisotopic (exact) mass is 362 g/mol. The van der Waals surface area contributed by atoms with Gasteiger partial charge in [0.2, 0.25) is 11.8 Å². The summed E-state index contributed by atoms with van der Waals surface area (Å²) < 4.78 is 6.87. The van der Waals surface area contributed by atoms with E-state index in [1.54, 1.807) is 0 Å². The lowest BCUT2D eigenvalue weighted by atomic mass is 10.1. The van der Waals surface area contributed by atoms with Gasteiger partial charge >= 0.3 is 0 Å². The summed E-state index contributed by atoms with van der Waals surface area (Å²) in [5, 5.41) is 8.26. The summed E-state index contributed by atoms with van der Waals surface area (Å²) in [6.45, 7) is 2.05. The maximum atomic E-state index is 5.76. The largest absolute Gasteiger partial charge is 0.416 e. The molecule has 94 valence electrons. The summed E-state index contributed by atoms with van der Waals surface area (Å²) in [7, 11) is 0. The van der Waals surface area contributed by atoms with Crippen LogP contribution in [0.3, 0.4) is 0 Å². The highest BCUT2D eigenvalue weighted by Crippen LogP contribution is 2.27. The van der Waals surface area contributed by atoms with Crippen LogP contribution < -0.4 is 0 Å². The van der Waals surface area contributed by atoms with Gasteiger partial charge in [-0.15, -0.1) is 10.2 Å². The third-order valence-electron chi connectivity index (χ3n) is 2.80. The molecule has 1 aromatic heterocycles. The fourth-order valence-corrected chi connectivity index (χ4v) is 2.40. The third-order valence-corrected chi connectivity index (χ3v) is 3.74. The second-order valence-corrected chi connectivity index (χ2v) is 5.42. The molecule has 3 aromatic rings. The van der Waals surface area contributed by atoms with E-state index in [0.717, 1.165) is 14.7 Å². The fourth-order valence-electron chi connectivity index (χ4n) is 1.83. The van der Waals surface area contributed by atoms with Crippen molar-refractivity contribution < 1.29 is 4.42 Å². The zero-order chi connectivity index (χ0) is 13.2. The van der Waals surface area contributed by atoms with E-state index in [2.05, 4.69) is 51.0 Å². The predicted octanol–water partition coefficient (Wildman–Crippen LogP) is 4.32. The van der Waals surface area contributed by atoms with Crippen LogP contribution in [0.25, 0.3) is 22.9 Å². The number of rotatable bonds is 2. The van der Waals surface area contributed by atoms with Gasteiger partial charge in [0.05, 0.1) is 5.56 Å². The van der Waals surface area contributed by atoms with Crippen molar-refractivity contribution in [2.45, 2.75) is 6.92 Å². The first-order chi connectivity index (χ1) is 9.24. The highest BCUT2D eigenvalue weighted by molar-refractivity contribution is 14.1. The number of aryl methyl sites for hydroxylation is 1. The molecule has 1 heterocycles. The Labute approximate surface area is 124 Å². The Hall–Kier alpha value is -1.69. The lowest BCUT2D eigenvalue weighted by Gasteiger charge is -2.00. The van der Waals surface area contributed by atoms with Crippen molar-refractivity contribution in [2.75, 3.05) is 0 Å². The maximum absolute atomic E-state index is 5.76. The third kappa shape index (κ3) is 2.53. The standard InChI is InChI=1S/C15H11IN2O/c1-10-7-8-13(16)12(9-10)15-18-17-14(19-15)11-5-3-2-4-6-11/h2-9H,1H3. The minimum Gasteiger partial charge on any atom is -0.416 e. The van der Waals surface area contributed by atoms with Crippen LogP contribution in [-0.2, 0) is 0 Å². The Kier molecular flexibility index (Phi) is 3.33. The number of benzene rings is 2. The molecule has 0 aliphatic heterocycles. The molecule has 19 heavy (non-hydrogen) atoms. The van der Waals surface area contributed by atoms with Gasteiger partial charge in [-0.25, -0.2) is 0 Å². The zero-order valence-corrected chi connectivity index (χ0v) is 12.5. The van der Waals surface area contributed by atoms with E-state index < -0.39 is 0 Å². The van der Waals surface area contributed by atoms with Gasteiger partial charge in [0.1, 0.15) is 0 Å². The Morgan fingerprint density at radius 2 is 1.68 bits per heavy atom. The summed E-state index contributed by atoms with van der Waals surface area (Å²) in [6.07, 6.45) is 0. The lowest BCUT2D eigenvalue weighted by molar-refractivity contribution is 0.584. The molecule has 0 amide bonds. The van der Waals surface area contributed by atoms with Gasteiger partial charge in [0.15, 0.2) is 0 Å². The molecule has 4 heteroatoms. The van der Waals surface area contributed by atoms with E-state index >= 15 is 0 Å². The van der Waals surface area contributed by atoms with E-state index in [-0.39, 0.29) is 0 Å². The van der Waals surface area contributed by atoms with Crippen LogP contribution in [0.15, 0.2) is 52.9 Å². The normalized spacial score (nSPS) is 10.6. The minimum atomic E-state index is 0.549. The maximum Gasteiger partial charge on any atom is 0.249 e. The first kappa shape index (κ1) is 12.3. The zero-order valence-electron chi connectivity index (χ0n) is 10.3. The summed E-state index contributed by atoms with van der Waals surface area (Å²) in [5.74, 6) is 1.11. The van der Waals surface area contributed by atoms with Crippen molar-refractivity contribution >= 4 is 22.6 Å². The highest BCUT2D eigenvalue weighted by atomic mass is 127. The van der Waals surface area contributed by atoms with Crippen molar-refractivity contribution in [3.63, 3.8) is 0 Å². The second-order valence-electron chi connectivity index (χ2n) is 4.26. The number of halogens is 1. The lowest BCUT2D eigenvalue weighted by Crippen LogP contribution is -1.84. The molecule has 0 bridgehead atoms. The quantitative estimate of drug-likeness (QED) is 0.638. The molecule has 0 saturated carbocycles. The minimum absolute atomic E-state index is 0.549. The summed E-state index contributed by atoms with van der Waals surface area (Å²) >= 11 is 2.28. The van der Waals surface area contributed by atoms with E-state index in [1.807, 2.05) is 37.3 Å². The molecular weight excluding hydrogens is 351 g/mol. The molecule has 3 nitrogen and oxygen atoms in total. The Morgan fingerprint density at radius 3 is 2.47 bits per heavy atom. The molecule has 2 aromatic carbocycles. The van der Waals surface area contributed by atoms with Crippen molar-refractivity contribution in [1.29, 1.82) is 0 Å². The van der Waals surface area contributed by atoms with E-state index in [4.69, 9.17) is 4.42 Å². The first-order valence-corrected chi connectivity index (χ1v) is 6.97. The van der Waals surface area contributed by atoms with Crippen molar-refractivity contribution in [2.24, 2.45) is 0 Å². The van der Waals surface area contributed by atoms with Gasteiger partial charge in [-0.05, 0) is 53.8 Å². The molecule has 0 saturated heterocycles. The first-order valence-electron chi connectivity index (χ1n) is 5.89. The Morgan fingerprint density at radius 1 is 0.947 bits per heavy atom. The number of nitrogens with zero attached hydrogens (tertiary/aromatic N) is 2. The summed E-state index contributed by atoms with van der Waals surface area (Å²) in [5.41, 5.74) is 3.09. The van der Waals surface area contributed by atoms with Crippen LogP contribution in [0.1, 0.15) is 5.56 Å². The predicted molar refractivity (Wildman–Crippen MR) is 82.6 cm³/mol. The highest BCUT2D eigenvalue weighted by Gasteiger charge is 2.12. The molecule has 0 aliphatic rings. The molecule has 0 atom stereocenters. The van der Waals surface area contributed by atoms with Gasteiger partial charge in [-0.3, -0.25) is 0 Å². The Bertz CT molecular complexity index is 707. The van der Waals surface area contributed by atoms with E-state index in [1.165, 1.54) is 5.56 Å². The second kappa shape index (κ2) is 5.13. The van der Waals surface area contributed by atoms with Gasteiger partial charge in [0, 0.05) is 9.13 Å². The van der Waals surface area contributed by atoms with Crippen LogP contribution >= 0.6 is 22.6 Å². The van der Waals surface area contributed by atoms with Crippen LogP contribution in [0.2, 0.25) is 0 Å². The topological polar surface area (TPSA) is 38.9 Å². The number of hydrogen-bond donors (Lipinski definition) is 0. The van der Waals surface area contributed by atoms with Crippen molar-refractivity contribution in [3.05, 3.63) is 57.7 Å². The van der Waals surface area contributed by atoms with Gasteiger partial charge in [0.25, 0.3) is 0 Å². The van der Waals surface area contributed by atoms with Gasteiger partial charge < -0.3 is 4.42 Å². The van der Waals surface area contributed by atoms with E-state index in [9.17, 15) is 0 Å². The van der Waals surface area contributed by atoms with Crippen molar-refractivity contribution in [3.8, 4) is 22.9 Å². The molecule has 0 aliphatic carbocycles.